The molecular formula is C19H30N6O2. The van der Waals surface area contributed by atoms with Gasteiger partial charge in [0.25, 0.3) is 0 Å². The van der Waals surface area contributed by atoms with Gasteiger partial charge in [-0.2, -0.15) is 9.97 Å². The van der Waals surface area contributed by atoms with Crippen LogP contribution in [0.15, 0.2) is 4.79 Å². The highest BCUT2D eigenvalue weighted by atomic mass is 16.5. The highest BCUT2D eigenvalue weighted by Gasteiger charge is 2.20. The lowest BCUT2D eigenvalue weighted by atomic mass is 10.1. The van der Waals surface area contributed by atoms with Crippen LogP contribution in [0.3, 0.4) is 0 Å². The maximum Gasteiger partial charge on any atom is 0.327 e. The first-order chi connectivity index (χ1) is 13.2. The third-order valence-electron chi connectivity index (χ3n) is 5.76. The second kappa shape index (κ2) is 8.29. The largest absolute Gasteiger partial charge is 0.460 e. The third kappa shape index (κ3) is 4.26. The van der Waals surface area contributed by atoms with Gasteiger partial charge < -0.3 is 20.4 Å². The van der Waals surface area contributed by atoms with E-state index in [9.17, 15) is 4.79 Å². The number of aromatic amines is 1. The molecule has 0 radical (unpaired) electrons. The molecule has 0 bridgehead atoms. The summed E-state index contributed by atoms with van der Waals surface area (Å²) in [5.74, 6) is 0.275. The predicted molar refractivity (Wildman–Crippen MR) is 105 cm³/mol. The van der Waals surface area contributed by atoms with Crippen LogP contribution in [0.2, 0.25) is 0 Å². The minimum absolute atomic E-state index is 0.158. The Morgan fingerprint density at radius 3 is 2.56 bits per heavy atom. The number of fused-ring (bicyclic) bond motifs is 1. The van der Waals surface area contributed by atoms with Crippen LogP contribution in [0.4, 0.5) is 5.82 Å². The van der Waals surface area contributed by atoms with Crippen LogP contribution in [0.1, 0.15) is 57.8 Å². The number of hydrogen-bond donors (Lipinski definition) is 2. The van der Waals surface area contributed by atoms with Gasteiger partial charge in [0.1, 0.15) is 11.6 Å². The van der Waals surface area contributed by atoms with Crippen molar-refractivity contribution in [2.75, 3.05) is 25.4 Å². The second-order valence-electron chi connectivity index (χ2n) is 7.81. The quantitative estimate of drug-likeness (QED) is 0.721. The molecule has 0 amide bonds. The number of imidazole rings is 1. The molecule has 2 fully saturated rings. The summed E-state index contributed by atoms with van der Waals surface area (Å²) in [6, 6.07) is 0.285. The number of nitrogen functional groups attached to an aromatic ring is 1. The number of nitrogens with two attached hydrogens (primary N) is 1. The van der Waals surface area contributed by atoms with Crippen LogP contribution in [0.25, 0.3) is 11.2 Å². The van der Waals surface area contributed by atoms with Gasteiger partial charge in [-0.15, -0.1) is 0 Å². The van der Waals surface area contributed by atoms with Crippen molar-refractivity contribution < 1.29 is 4.74 Å². The fourth-order valence-corrected chi connectivity index (χ4v) is 4.23. The molecule has 2 aromatic heterocycles. The van der Waals surface area contributed by atoms with Crippen LogP contribution in [0.5, 0.6) is 6.01 Å². The summed E-state index contributed by atoms with van der Waals surface area (Å²) in [6.45, 7) is 4.15. The minimum atomic E-state index is -0.179. The molecule has 8 nitrogen and oxygen atoms in total. The van der Waals surface area contributed by atoms with Crippen molar-refractivity contribution in [1.29, 1.82) is 0 Å². The van der Waals surface area contributed by atoms with Gasteiger partial charge in [0.05, 0.1) is 0 Å². The summed E-state index contributed by atoms with van der Waals surface area (Å²) in [6.07, 6.45) is 10.5. The number of likely N-dealkylation sites (tertiary alicyclic amines) is 1. The summed E-state index contributed by atoms with van der Waals surface area (Å²) >= 11 is 0. The zero-order valence-electron chi connectivity index (χ0n) is 16.0. The smallest absolute Gasteiger partial charge is 0.327 e. The number of hydrogen-bond acceptors (Lipinski definition) is 6. The van der Waals surface area contributed by atoms with Gasteiger partial charge in [-0.25, -0.2) is 4.79 Å². The maximum atomic E-state index is 12.4. The van der Waals surface area contributed by atoms with Gasteiger partial charge in [-0.3, -0.25) is 4.57 Å². The molecule has 1 saturated heterocycles. The van der Waals surface area contributed by atoms with E-state index in [0.29, 0.717) is 17.7 Å². The monoisotopic (exact) mass is 374 g/mol. The van der Waals surface area contributed by atoms with Crippen molar-refractivity contribution in [3.05, 3.63) is 10.5 Å². The number of nitrogens with one attached hydrogen (secondary N) is 1. The molecule has 2 aromatic rings. The van der Waals surface area contributed by atoms with Crippen molar-refractivity contribution in [2.45, 2.75) is 70.4 Å². The highest BCUT2D eigenvalue weighted by Crippen LogP contribution is 2.24. The molecule has 148 valence electrons. The summed E-state index contributed by atoms with van der Waals surface area (Å²) in [7, 11) is 0. The topological polar surface area (TPSA) is 102 Å². The second-order valence-corrected chi connectivity index (χ2v) is 7.81. The van der Waals surface area contributed by atoms with Crippen molar-refractivity contribution in [3.8, 4) is 6.01 Å². The lowest BCUT2D eigenvalue weighted by Crippen LogP contribution is -2.30. The molecule has 0 aromatic carbocycles. The van der Waals surface area contributed by atoms with E-state index in [4.69, 9.17) is 10.5 Å². The van der Waals surface area contributed by atoms with E-state index in [0.717, 1.165) is 32.2 Å². The van der Waals surface area contributed by atoms with Crippen molar-refractivity contribution in [2.24, 2.45) is 0 Å². The Labute approximate surface area is 159 Å². The predicted octanol–water partition coefficient (Wildman–Crippen LogP) is 2.29. The molecule has 0 unspecified atom stereocenters. The standard InChI is InChI=1S/C19H30N6O2/c20-16-15-17(23-18(22-16)27-14-8-2-3-9-14)25(19(26)21-15)13-7-6-12-24-10-4-1-5-11-24/h14H,1-13H2,(H,21,26)(H2,20,22,23). The molecule has 1 saturated carbocycles. The number of ether oxygens (including phenoxy) is 1. The zero-order valence-corrected chi connectivity index (χ0v) is 16.0. The SMILES string of the molecule is Nc1nc(OC2CCCC2)nc2c1[nH]c(=O)n2CCCCN1CCCCC1. The molecule has 8 heteroatoms. The normalized spacial score (nSPS) is 19.1. The Kier molecular flexibility index (Phi) is 5.61. The van der Waals surface area contributed by atoms with E-state index in [-0.39, 0.29) is 23.6 Å². The molecule has 3 N–H and O–H groups in total. The molecule has 4 rings (SSSR count). The van der Waals surface area contributed by atoms with Crippen molar-refractivity contribution >= 4 is 17.0 Å². The zero-order chi connectivity index (χ0) is 18.6. The Balaban J connectivity index is 1.43. The van der Waals surface area contributed by atoms with E-state index in [1.165, 1.54) is 45.2 Å². The maximum absolute atomic E-state index is 12.4. The van der Waals surface area contributed by atoms with Crippen LogP contribution in [-0.2, 0) is 6.54 Å². The third-order valence-corrected chi connectivity index (χ3v) is 5.76. The van der Waals surface area contributed by atoms with E-state index < -0.39 is 0 Å². The van der Waals surface area contributed by atoms with Gasteiger partial charge in [0, 0.05) is 6.54 Å². The van der Waals surface area contributed by atoms with Crippen LogP contribution in [0, 0.1) is 0 Å². The van der Waals surface area contributed by atoms with E-state index in [1.54, 1.807) is 4.57 Å². The van der Waals surface area contributed by atoms with E-state index in [1.807, 2.05) is 0 Å². The van der Waals surface area contributed by atoms with E-state index >= 15 is 0 Å². The molecule has 27 heavy (non-hydrogen) atoms. The van der Waals surface area contributed by atoms with Gasteiger partial charge in [-0.05, 0) is 71.0 Å². The molecule has 2 aliphatic rings. The fraction of sp³-hybridized carbons (Fsp3) is 0.737. The number of nitrogens with zero attached hydrogens (tertiary/aromatic N) is 4. The average Bonchev–Trinajstić information content (AvgIpc) is 3.28. The Morgan fingerprint density at radius 2 is 1.78 bits per heavy atom. The first kappa shape index (κ1) is 18.3. The van der Waals surface area contributed by atoms with Crippen molar-refractivity contribution in [1.82, 2.24) is 24.4 Å². The number of H-pyrrole nitrogens is 1. The summed E-state index contributed by atoms with van der Waals surface area (Å²) in [4.78, 5) is 26.4. The number of piperidine rings is 1. The highest BCUT2D eigenvalue weighted by molar-refractivity contribution is 5.81. The lowest BCUT2D eigenvalue weighted by Gasteiger charge is -2.26. The van der Waals surface area contributed by atoms with E-state index in [2.05, 4.69) is 19.9 Å². The molecule has 0 atom stereocenters. The van der Waals surface area contributed by atoms with Crippen LogP contribution >= 0.6 is 0 Å². The number of aromatic nitrogens is 4. The summed E-state index contributed by atoms with van der Waals surface area (Å²) in [5, 5.41) is 0. The molecule has 1 aliphatic heterocycles. The van der Waals surface area contributed by atoms with Gasteiger partial charge >= 0.3 is 11.7 Å². The first-order valence-corrected chi connectivity index (χ1v) is 10.4. The lowest BCUT2D eigenvalue weighted by molar-refractivity contribution is 0.193. The first-order valence-electron chi connectivity index (χ1n) is 10.4. The van der Waals surface area contributed by atoms with Crippen LogP contribution in [-0.4, -0.2) is 50.2 Å². The number of rotatable bonds is 7. The fourth-order valence-electron chi connectivity index (χ4n) is 4.23. The van der Waals surface area contributed by atoms with Crippen molar-refractivity contribution in [3.63, 3.8) is 0 Å². The molecule has 3 heterocycles. The molecule has 1 aliphatic carbocycles. The number of anilines is 1. The summed E-state index contributed by atoms with van der Waals surface area (Å²) in [5.41, 5.74) is 6.93. The number of unbranched alkanes of at least 4 members (excludes halogenated alkanes) is 1. The van der Waals surface area contributed by atoms with Gasteiger partial charge in [0.15, 0.2) is 11.5 Å². The Morgan fingerprint density at radius 1 is 1.04 bits per heavy atom. The minimum Gasteiger partial charge on any atom is -0.460 e. The Bertz CT molecular complexity index is 817. The van der Waals surface area contributed by atoms with Gasteiger partial charge in [-0.1, -0.05) is 6.42 Å². The van der Waals surface area contributed by atoms with Gasteiger partial charge in [0.2, 0.25) is 0 Å². The Hall–Kier alpha value is -2.09. The van der Waals surface area contributed by atoms with Crippen LogP contribution < -0.4 is 16.2 Å². The summed E-state index contributed by atoms with van der Waals surface area (Å²) < 4.78 is 7.57. The molecular weight excluding hydrogens is 344 g/mol. The number of aryl methyl sites for hydroxylation is 1. The molecule has 0 spiro atoms. The average molecular weight is 374 g/mol.